The molecule has 1 N–H and O–H groups in total. The zero-order chi connectivity index (χ0) is 18.9. The summed E-state index contributed by atoms with van der Waals surface area (Å²) < 4.78 is 27.4. The highest BCUT2D eigenvalue weighted by Gasteiger charge is 2.31. The second kappa shape index (κ2) is 7.64. The number of anilines is 1. The number of aromatic nitrogens is 1. The van der Waals surface area contributed by atoms with Crippen molar-refractivity contribution in [3.05, 3.63) is 39.9 Å². The second-order valence-electron chi connectivity index (χ2n) is 6.49. The fourth-order valence-corrected chi connectivity index (χ4v) is 5.69. The van der Waals surface area contributed by atoms with Crippen molar-refractivity contribution in [2.24, 2.45) is 5.92 Å². The molecule has 0 aliphatic carbocycles. The summed E-state index contributed by atoms with van der Waals surface area (Å²) in [6, 6.07) is 4.30. The Bertz CT molecular complexity index is 927. The van der Waals surface area contributed by atoms with Crippen LogP contribution in [-0.4, -0.2) is 36.7 Å². The first-order valence-corrected chi connectivity index (χ1v) is 10.9. The van der Waals surface area contributed by atoms with Crippen LogP contribution in [0, 0.1) is 12.8 Å². The molecule has 9 heteroatoms. The van der Waals surface area contributed by atoms with Crippen LogP contribution in [0.5, 0.6) is 0 Å². The highest BCUT2D eigenvalue weighted by atomic mass is 35.5. The summed E-state index contributed by atoms with van der Waals surface area (Å²) in [5.74, 6) is -0.114. The van der Waals surface area contributed by atoms with Crippen molar-refractivity contribution in [1.82, 2.24) is 9.29 Å². The average Bonchev–Trinajstić information content (AvgIpc) is 3.00. The van der Waals surface area contributed by atoms with Gasteiger partial charge in [0, 0.05) is 29.7 Å². The van der Waals surface area contributed by atoms with Crippen LogP contribution in [0.15, 0.2) is 29.3 Å². The Morgan fingerprint density at radius 3 is 2.85 bits per heavy atom. The van der Waals surface area contributed by atoms with E-state index < -0.39 is 15.9 Å². The molecule has 1 amide bonds. The van der Waals surface area contributed by atoms with E-state index in [9.17, 15) is 13.2 Å². The van der Waals surface area contributed by atoms with Crippen LogP contribution in [0.2, 0.25) is 5.02 Å². The summed E-state index contributed by atoms with van der Waals surface area (Å²) in [5.41, 5.74) is 0.228. The maximum atomic E-state index is 13.0. The van der Waals surface area contributed by atoms with Crippen molar-refractivity contribution in [2.45, 2.75) is 31.6 Å². The SMILES string of the molecule is Cc1cnc(NC(=O)c2ccc(Cl)c(S(=O)(=O)N3CCC[C@H](C)C3)c2)s1. The molecule has 6 nitrogen and oxygen atoms in total. The van der Waals surface area contributed by atoms with Gasteiger partial charge < -0.3 is 0 Å². The number of nitrogens with zero attached hydrogens (tertiary/aromatic N) is 2. The monoisotopic (exact) mass is 413 g/mol. The van der Waals surface area contributed by atoms with Gasteiger partial charge in [-0.15, -0.1) is 11.3 Å². The summed E-state index contributed by atoms with van der Waals surface area (Å²) in [4.78, 5) is 17.5. The Balaban J connectivity index is 1.88. The minimum atomic E-state index is -3.74. The number of amides is 1. The predicted molar refractivity (Wildman–Crippen MR) is 103 cm³/mol. The lowest BCUT2D eigenvalue weighted by Gasteiger charge is -2.30. The molecule has 0 spiro atoms. The van der Waals surface area contributed by atoms with E-state index in [1.165, 1.54) is 33.8 Å². The highest BCUT2D eigenvalue weighted by molar-refractivity contribution is 7.89. The summed E-state index contributed by atoms with van der Waals surface area (Å²) in [6.07, 6.45) is 3.49. The fraction of sp³-hybridized carbons (Fsp3) is 0.412. The van der Waals surface area contributed by atoms with E-state index in [4.69, 9.17) is 11.6 Å². The van der Waals surface area contributed by atoms with Gasteiger partial charge in [0.15, 0.2) is 5.13 Å². The Morgan fingerprint density at radius 2 is 2.19 bits per heavy atom. The lowest BCUT2D eigenvalue weighted by atomic mass is 10.0. The number of sulfonamides is 1. The van der Waals surface area contributed by atoms with Gasteiger partial charge in [-0.3, -0.25) is 10.1 Å². The zero-order valence-electron chi connectivity index (χ0n) is 14.5. The average molecular weight is 414 g/mol. The van der Waals surface area contributed by atoms with Gasteiger partial charge in [0.05, 0.1) is 5.02 Å². The lowest BCUT2D eigenvalue weighted by molar-refractivity contribution is 0.102. The summed E-state index contributed by atoms with van der Waals surface area (Å²) in [7, 11) is -3.74. The van der Waals surface area contributed by atoms with Crippen molar-refractivity contribution in [1.29, 1.82) is 0 Å². The summed E-state index contributed by atoms with van der Waals surface area (Å²) in [6.45, 7) is 4.86. The number of aryl methyl sites for hydroxylation is 1. The zero-order valence-corrected chi connectivity index (χ0v) is 16.9. The van der Waals surface area contributed by atoms with E-state index in [0.717, 1.165) is 17.7 Å². The number of thiazole rings is 1. The third-order valence-electron chi connectivity index (χ3n) is 4.27. The van der Waals surface area contributed by atoms with E-state index in [2.05, 4.69) is 10.3 Å². The second-order valence-corrected chi connectivity index (χ2v) is 10.0. The largest absolute Gasteiger partial charge is 0.298 e. The molecule has 2 heterocycles. The molecule has 1 fully saturated rings. The normalized spacial score (nSPS) is 18.7. The van der Waals surface area contributed by atoms with Crippen molar-refractivity contribution < 1.29 is 13.2 Å². The van der Waals surface area contributed by atoms with E-state index in [-0.39, 0.29) is 15.5 Å². The van der Waals surface area contributed by atoms with Gasteiger partial charge in [-0.05, 0) is 43.9 Å². The number of halogens is 1. The predicted octanol–water partition coefficient (Wildman–Crippen LogP) is 3.78. The fourth-order valence-electron chi connectivity index (χ4n) is 2.93. The first-order valence-electron chi connectivity index (χ1n) is 8.31. The van der Waals surface area contributed by atoms with Gasteiger partial charge in [0.1, 0.15) is 4.90 Å². The van der Waals surface area contributed by atoms with Crippen LogP contribution >= 0.6 is 22.9 Å². The molecule has 0 unspecified atom stereocenters. The Hall–Kier alpha value is -1.48. The van der Waals surface area contributed by atoms with Gasteiger partial charge in [0.25, 0.3) is 5.91 Å². The first kappa shape index (κ1) is 19.3. The summed E-state index contributed by atoms with van der Waals surface area (Å²) in [5, 5.41) is 3.27. The molecular formula is C17H20ClN3O3S2. The van der Waals surface area contributed by atoms with Gasteiger partial charge in [-0.2, -0.15) is 4.31 Å². The number of piperidine rings is 1. The van der Waals surface area contributed by atoms with Crippen LogP contribution in [0.4, 0.5) is 5.13 Å². The van der Waals surface area contributed by atoms with E-state index >= 15 is 0 Å². The molecule has 1 aliphatic heterocycles. The standard InChI is InChI=1S/C17H20ClN3O3S2/c1-11-4-3-7-21(10-11)26(23,24)15-8-13(5-6-14(15)18)16(22)20-17-19-9-12(2)25-17/h5-6,8-9,11H,3-4,7,10H2,1-2H3,(H,19,20,22)/t11-/m0/s1. The number of nitrogens with one attached hydrogen (secondary N) is 1. The number of rotatable bonds is 4. The van der Waals surface area contributed by atoms with Crippen molar-refractivity contribution in [3.63, 3.8) is 0 Å². The molecule has 0 bridgehead atoms. The van der Waals surface area contributed by atoms with Crippen LogP contribution < -0.4 is 5.32 Å². The van der Waals surface area contributed by atoms with E-state index in [0.29, 0.717) is 24.1 Å². The minimum Gasteiger partial charge on any atom is -0.298 e. The van der Waals surface area contributed by atoms with Gasteiger partial charge >= 0.3 is 0 Å². The first-order chi connectivity index (χ1) is 12.3. The highest BCUT2D eigenvalue weighted by Crippen LogP contribution is 2.29. The molecule has 1 saturated heterocycles. The Morgan fingerprint density at radius 1 is 1.42 bits per heavy atom. The molecule has 2 aromatic rings. The minimum absolute atomic E-state index is 0.0313. The van der Waals surface area contributed by atoms with Crippen LogP contribution in [0.1, 0.15) is 35.0 Å². The molecule has 1 aromatic heterocycles. The molecule has 1 aromatic carbocycles. The lowest BCUT2D eigenvalue weighted by Crippen LogP contribution is -2.39. The van der Waals surface area contributed by atoms with Crippen molar-refractivity contribution in [3.8, 4) is 0 Å². The van der Waals surface area contributed by atoms with Gasteiger partial charge in [-0.25, -0.2) is 13.4 Å². The third kappa shape index (κ3) is 4.09. The van der Waals surface area contributed by atoms with Crippen LogP contribution in [0.25, 0.3) is 0 Å². The molecule has 140 valence electrons. The van der Waals surface area contributed by atoms with E-state index in [1.54, 1.807) is 6.20 Å². The molecule has 1 aliphatic rings. The number of carbonyl (C=O) groups excluding carboxylic acids is 1. The van der Waals surface area contributed by atoms with E-state index in [1.807, 2.05) is 13.8 Å². The Kier molecular flexibility index (Phi) is 5.67. The Labute approximate surface area is 162 Å². The number of hydrogen-bond acceptors (Lipinski definition) is 5. The topological polar surface area (TPSA) is 79.4 Å². The maximum Gasteiger partial charge on any atom is 0.257 e. The maximum absolute atomic E-state index is 13.0. The molecular weight excluding hydrogens is 394 g/mol. The van der Waals surface area contributed by atoms with Crippen LogP contribution in [-0.2, 0) is 10.0 Å². The van der Waals surface area contributed by atoms with Crippen LogP contribution in [0.3, 0.4) is 0 Å². The third-order valence-corrected chi connectivity index (χ3v) is 7.45. The molecule has 26 heavy (non-hydrogen) atoms. The molecule has 0 radical (unpaired) electrons. The molecule has 1 atom stereocenters. The van der Waals surface area contributed by atoms with Gasteiger partial charge in [-0.1, -0.05) is 18.5 Å². The summed E-state index contributed by atoms with van der Waals surface area (Å²) >= 11 is 7.51. The molecule has 3 rings (SSSR count). The number of carbonyl (C=O) groups is 1. The number of benzene rings is 1. The van der Waals surface area contributed by atoms with Gasteiger partial charge in [0.2, 0.25) is 10.0 Å². The smallest absolute Gasteiger partial charge is 0.257 e. The van der Waals surface area contributed by atoms with Crippen molar-refractivity contribution >= 4 is 44.0 Å². The molecule has 0 saturated carbocycles. The quantitative estimate of drug-likeness (QED) is 0.827. The van der Waals surface area contributed by atoms with Crippen molar-refractivity contribution in [2.75, 3.05) is 18.4 Å². The number of hydrogen-bond donors (Lipinski definition) is 1.